The van der Waals surface area contributed by atoms with E-state index in [9.17, 15) is 4.79 Å². The molecule has 1 aliphatic heterocycles. The third-order valence-corrected chi connectivity index (χ3v) is 3.36. The molecule has 0 unspecified atom stereocenters. The summed E-state index contributed by atoms with van der Waals surface area (Å²) in [4.78, 5) is 11.4. The number of methoxy groups -OCH3 is 1. The van der Waals surface area contributed by atoms with Gasteiger partial charge in [0, 0.05) is 13.2 Å². The average Bonchev–Trinajstić information content (AvgIpc) is 2.27. The average molecular weight is 214 g/mol. The van der Waals surface area contributed by atoms with Gasteiger partial charge in [0.1, 0.15) is 0 Å². The van der Waals surface area contributed by atoms with Crippen LogP contribution in [0.15, 0.2) is 0 Å². The first-order valence-electron chi connectivity index (χ1n) is 5.87. The summed E-state index contributed by atoms with van der Waals surface area (Å²) in [6.45, 7) is 3.77. The molecule has 0 aromatic rings. The topological polar surface area (TPSA) is 35.5 Å². The Kier molecular flexibility index (Phi) is 5.09. The van der Waals surface area contributed by atoms with Gasteiger partial charge in [-0.05, 0) is 24.7 Å². The van der Waals surface area contributed by atoms with Gasteiger partial charge in [0.15, 0.2) is 0 Å². The van der Waals surface area contributed by atoms with E-state index >= 15 is 0 Å². The molecule has 1 aliphatic rings. The van der Waals surface area contributed by atoms with Crippen LogP contribution in [0, 0.1) is 5.41 Å². The van der Waals surface area contributed by atoms with Crippen molar-refractivity contribution in [3.63, 3.8) is 0 Å². The van der Waals surface area contributed by atoms with E-state index in [-0.39, 0.29) is 11.4 Å². The number of hydrogen-bond acceptors (Lipinski definition) is 3. The van der Waals surface area contributed by atoms with E-state index in [4.69, 9.17) is 9.47 Å². The lowest BCUT2D eigenvalue weighted by Gasteiger charge is -2.36. The Morgan fingerprint density at radius 1 is 1.40 bits per heavy atom. The van der Waals surface area contributed by atoms with E-state index in [1.54, 1.807) is 0 Å². The Bertz CT molecular complexity index is 195. The van der Waals surface area contributed by atoms with E-state index in [0.717, 1.165) is 32.5 Å². The molecule has 1 fully saturated rings. The molecule has 0 bridgehead atoms. The summed E-state index contributed by atoms with van der Waals surface area (Å²) in [7, 11) is 1.47. The van der Waals surface area contributed by atoms with Gasteiger partial charge >= 0.3 is 5.97 Å². The summed E-state index contributed by atoms with van der Waals surface area (Å²) in [6.07, 6.45) is 6.07. The van der Waals surface area contributed by atoms with Crippen molar-refractivity contribution in [2.24, 2.45) is 5.41 Å². The predicted molar refractivity (Wildman–Crippen MR) is 58.6 cm³/mol. The Morgan fingerprint density at radius 3 is 2.60 bits per heavy atom. The van der Waals surface area contributed by atoms with Gasteiger partial charge in [0.2, 0.25) is 0 Å². The molecule has 0 aromatic heterocycles. The predicted octanol–water partition coefficient (Wildman–Crippen LogP) is 2.54. The van der Waals surface area contributed by atoms with Crippen LogP contribution in [0.5, 0.6) is 0 Å². The van der Waals surface area contributed by atoms with Crippen molar-refractivity contribution in [3.05, 3.63) is 0 Å². The third kappa shape index (κ3) is 3.82. The molecule has 3 nitrogen and oxygen atoms in total. The number of esters is 1. The Hall–Kier alpha value is -0.570. The van der Waals surface area contributed by atoms with Crippen molar-refractivity contribution in [3.8, 4) is 0 Å². The van der Waals surface area contributed by atoms with Crippen molar-refractivity contribution in [1.82, 2.24) is 0 Å². The smallest absolute Gasteiger partial charge is 0.306 e. The lowest BCUT2D eigenvalue weighted by Crippen LogP contribution is -2.32. The SMILES string of the molecule is CCCCC1(CC(=O)OC)CCOCC1. The highest BCUT2D eigenvalue weighted by molar-refractivity contribution is 5.70. The van der Waals surface area contributed by atoms with Gasteiger partial charge < -0.3 is 9.47 Å². The van der Waals surface area contributed by atoms with Gasteiger partial charge in [-0.3, -0.25) is 4.79 Å². The summed E-state index contributed by atoms with van der Waals surface area (Å²) in [5.74, 6) is -0.0759. The highest BCUT2D eigenvalue weighted by Crippen LogP contribution is 2.39. The van der Waals surface area contributed by atoms with Crippen molar-refractivity contribution in [1.29, 1.82) is 0 Å². The monoisotopic (exact) mass is 214 g/mol. The molecular weight excluding hydrogens is 192 g/mol. The molecule has 1 rings (SSSR count). The van der Waals surface area contributed by atoms with Crippen LogP contribution < -0.4 is 0 Å². The Morgan fingerprint density at radius 2 is 2.07 bits per heavy atom. The van der Waals surface area contributed by atoms with Crippen LogP contribution in [0.25, 0.3) is 0 Å². The zero-order chi connectivity index (χ0) is 11.1. The molecule has 0 N–H and O–H groups in total. The first kappa shape index (κ1) is 12.5. The maximum Gasteiger partial charge on any atom is 0.306 e. The molecule has 15 heavy (non-hydrogen) atoms. The van der Waals surface area contributed by atoms with Crippen LogP contribution in [0.2, 0.25) is 0 Å². The molecule has 0 amide bonds. The molecule has 3 heteroatoms. The van der Waals surface area contributed by atoms with Crippen LogP contribution in [-0.4, -0.2) is 26.3 Å². The minimum absolute atomic E-state index is 0.0759. The van der Waals surface area contributed by atoms with E-state index in [1.807, 2.05) is 0 Å². The van der Waals surface area contributed by atoms with Crippen molar-refractivity contribution in [2.75, 3.05) is 20.3 Å². The molecule has 0 atom stereocenters. The molecule has 1 heterocycles. The normalized spacial score (nSPS) is 19.9. The van der Waals surface area contributed by atoms with Crippen LogP contribution in [0.1, 0.15) is 45.4 Å². The first-order chi connectivity index (χ1) is 7.22. The van der Waals surface area contributed by atoms with Crippen LogP contribution >= 0.6 is 0 Å². The first-order valence-corrected chi connectivity index (χ1v) is 5.87. The van der Waals surface area contributed by atoms with Crippen LogP contribution in [0.3, 0.4) is 0 Å². The molecule has 0 aromatic carbocycles. The van der Waals surface area contributed by atoms with Gasteiger partial charge in [0.25, 0.3) is 0 Å². The second kappa shape index (κ2) is 6.11. The molecule has 0 radical (unpaired) electrons. The quantitative estimate of drug-likeness (QED) is 0.660. The van der Waals surface area contributed by atoms with Crippen LogP contribution in [0.4, 0.5) is 0 Å². The number of rotatable bonds is 5. The van der Waals surface area contributed by atoms with Crippen molar-refractivity contribution >= 4 is 5.97 Å². The zero-order valence-corrected chi connectivity index (χ0v) is 9.88. The minimum atomic E-state index is -0.0759. The van der Waals surface area contributed by atoms with Gasteiger partial charge in [-0.2, -0.15) is 0 Å². The lowest BCUT2D eigenvalue weighted by molar-refractivity contribution is -0.145. The fraction of sp³-hybridized carbons (Fsp3) is 0.917. The third-order valence-electron chi connectivity index (χ3n) is 3.36. The van der Waals surface area contributed by atoms with Crippen molar-refractivity contribution in [2.45, 2.75) is 45.4 Å². The number of hydrogen-bond donors (Lipinski definition) is 0. The van der Waals surface area contributed by atoms with Gasteiger partial charge in [-0.1, -0.05) is 19.8 Å². The number of carbonyl (C=O) groups excluding carboxylic acids is 1. The molecule has 0 spiro atoms. The van der Waals surface area contributed by atoms with Crippen molar-refractivity contribution < 1.29 is 14.3 Å². The second-order valence-corrected chi connectivity index (χ2v) is 4.47. The number of carbonyl (C=O) groups is 1. The highest BCUT2D eigenvalue weighted by atomic mass is 16.5. The zero-order valence-electron chi connectivity index (χ0n) is 9.88. The Balaban J connectivity index is 2.53. The Labute approximate surface area is 92.1 Å². The number of unbranched alkanes of at least 4 members (excludes halogenated alkanes) is 1. The summed E-state index contributed by atoms with van der Waals surface area (Å²) >= 11 is 0. The van der Waals surface area contributed by atoms with E-state index in [1.165, 1.54) is 20.0 Å². The highest BCUT2D eigenvalue weighted by Gasteiger charge is 2.34. The fourth-order valence-corrected chi connectivity index (χ4v) is 2.25. The summed E-state index contributed by atoms with van der Waals surface area (Å²) < 4.78 is 10.1. The molecule has 0 saturated carbocycles. The minimum Gasteiger partial charge on any atom is -0.469 e. The van der Waals surface area contributed by atoms with E-state index in [0.29, 0.717) is 6.42 Å². The largest absolute Gasteiger partial charge is 0.469 e. The maximum absolute atomic E-state index is 11.4. The van der Waals surface area contributed by atoms with Gasteiger partial charge in [-0.25, -0.2) is 0 Å². The summed E-state index contributed by atoms with van der Waals surface area (Å²) in [5.41, 5.74) is 0.154. The summed E-state index contributed by atoms with van der Waals surface area (Å²) in [5, 5.41) is 0. The van der Waals surface area contributed by atoms with Gasteiger partial charge in [-0.15, -0.1) is 0 Å². The van der Waals surface area contributed by atoms with E-state index in [2.05, 4.69) is 6.92 Å². The number of ether oxygens (including phenoxy) is 2. The molecular formula is C12H22O3. The van der Waals surface area contributed by atoms with Crippen LogP contribution in [-0.2, 0) is 14.3 Å². The van der Waals surface area contributed by atoms with E-state index < -0.39 is 0 Å². The maximum atomic E-state index is 11.4. The molecule has 88 valence electrons. The molecule has 0 aliphatic carbocycles. The van der Waals surface area contributed by atoms with Gasteiger partial charge in [0.05, 0.1) is 13.5 Å². The second-order valence-electron chi connectivity index (χ2n) is 4.47. The lowest BCUT2D eigenvalue weighted by atomic mass is 9.73. The summed E-state index contributed by atoms with van der Waals surface area (Å²) in [6, 6.07) is 0. The fourth-order valence-electron chi connectivity index (χ4n) is 2.25. The standard InChI is InChI=1S/C12H22O3/c1-3-4-5-12(10-11(13)14-2)6-8-15-9-7-12/h3-10H2,1-2H3. The molecule has 1 saturated heterocycles.